The van der Waals surface area contributed by atoms with Gasteiger partial charge in [0, 0.05) is 11.4 Å². The maximum atomic E-state index is 11.3. The maximum absolute atomic E-state index is 11.3. The molecule has 0 bridgehead atoms. The Morgan fingerprint density at radius 1 is 1.26 bits per heavy atom. The molecule has 0 saturated carbocycles. The van der Waals surface area contributed by atoms with E-state index < -0.39 is 11.9 Å². The molecule has 2 aromatic carbocycles. The zero-order chi connectivity index (χ0) is 20.0. The molecular formula is C19H17BrClNO5. The van der Waals surface area contributed by atoms with Crippen molar-refractivity contribution in [1.82, 2.24) is 5.32 Å². The van der Waals surface area contributed by atoms with Gasteiger partial charge in [0.2, 0.25) is 5.91 Å². The van der Waals surface area contributed by atoms with E-state index in [-0.39, 0.29) is 17.3 Å². The summed E-state index contributed by atoms with van der Waals surface area (Å²) in [5.74, 6) is -1.07. The Morgan fingerprint density at radius 3 is 2.48 bits per heavy atom. The van der Waals surface area contributed by atoms with Gasteiger partial charge in [0.25, 0.3) is 0 Å². The number of hydrogen-bond acceptors (Lipinski definition) is 4. The van der Waals surface area contributed by atoms with Crippen LogP contribution in [0.2, 0.25) is 5.02 Å². The lowest BCUT2D eigenvalue weighted by molar-refractivity contribution is -0.134. The highest BCUT2D eigenvalue weighted by Gasteiger charge is 2.14. The van der Waals surface area contributed by atoms with Crippen LogP contribution < -0.4 is 14.8 Å². The molecule has 0 fully saturated rings. The molecule has 0 unspecified atom stereocenters. The predicted octanol–water partition coefficient (Wildman–Crippen LogP) is 4.25. The number of carbonyl (C=O) groups excluding carboxylic acids is 1. The first-order valence-corrected chi connectivity index (χ1v) is 8.94. The largest absolute Gasteiger partial charge is 0.493 e. The van der Waals surface area contributed by atoms with Crippen LogP contribution in [0.5, 0.6) is 11.5 Å². The molecule has 0 atom stereocenters. The van der Waals surface area contributed by atoms with E-state index in [4.69, 9.17) is 21.1 Å². The van der Waals surface area contributed by atoms with Crippen molar-refractivity contribution >= 4 is 45.5 Å². The topological polar surface area (TPSA) is 84.9 Å². The molecule has 0 aliphatic carbocycles. The van der Waals surface area contributed by atoms with Crippen LogP contribution in [0.4, 0.5) is 0 Å². The molecule has 0 aliphatic heterocycles. The summed E-state index contributed by atoms with van der Waals surface area (Å²) < 4.78 is 12.1. The minimum Gasteiger partial charge on any atom is -0.493 e. The number of amides is 1. The highest BCUT2D eigenvalue weighted by molar-refractivity contribution is 9.10. The molecule has 2 N–H and O–H groups in total. The summed E-state index contributed by atoms with van der Waals surface area (Å²) in [7, 11) is 1.46. The van der Waals surface area contributed by atoms with Crippen LogP contribution >= 0.6 is 27.5 Å². The van der Waals surface area contributed by atoms with Gasteiger partial charge in [-0.1, -0.05) is 39.7 Å². The summed E-state index contributed by atoms with van der Waals surface area (Å²) in [6, 6.07) is 10.7. The molecule has 2 rings (SSSR count). The number of carboxylic acid groups (broad SMARTS) is 1. The Bertz CT molecular complexity index is 880. The Kier molecular flexibility index (Phi) is 7.27. The normalized spacial score (nSPS) is 11.0. The fraction of sp³-hybridized carbons (Fsp3) is 0.158. The number of benzene rings is 2. The smallest absolute Gasteiger partial charge is 0.352 e. The van der Waals surface area contributed by atoms with E-state index in [0.29, 0.717) is 17.1 Å². The average molecular weight is 455 g/mol. The fourth-order valence-electron chi connectivity index (χ4n) is 2.21. The zero-order valence-corrected chi connectivity index (χ0v) is 16.9. The van der Waals surface area contributed by atoms with Gasteiger partial charge in [0.15, 0.2) is 11.5 Å². The first kappa shape index (κ1) is 20.8. The van der Waals surface area contributed by atoms with Crippen molar-refractivity contribution in [2.75, 3.05) is 7.11 Å². The molecule has 0 heterocycles. The van der Waals surface area contributed by atoms with Crippen LogP contribution in [0.15, 0.2) is 46.6 Å². The molecule has 142 valence electrons. The maximum Gasteiger partial charge on any atom is 0.352 e. The average Bonchev–Trinajstić information content (AvgIpc) is 2.60. The zero-order valence-electron chi connectivity index (χ0n) is 14.6. The summed E-state index contributed by atoms with van der Waals surface area (Å²) >= 11 is 9.67. The number of hydrogen-bond donors (Lipinski definition) is 2. The molecule has 1 amide bonds. The van der Waals surface area contributed by atoms with Gasteiger partial charge in [-0.15, -0.1) is 0 Å². The first-order valence-electron chi connectivity index (χ1n) is 7.77. The van der Waals surface area contributed by atoms with Gasteiger partial charge in [-0.3, -0.25) is 4.79 Å². The van der Waals surface area contributed by atoms with Gasteiger partial charge in [0.05, 0.1) is 12.1 Å². The number of rotatable bonds is 7. The third kappa shape index (κ3) is 6.01. The Balaban J connectivity index is 2.29. The van der Waals surface area contributed by atoms with E-state index in [9.17, 15) is 14.7 Å². The molecule has 0 saturated heterocycles. The third-order valence-corrected chi connectivity index (χ3v) is 4.21. The molecule has 0 spiro atoms. The van der Waals surface area contributed by atoms with Crippen molar-refractivity contribution in [1.29, 1.82) is 0 Å². The number of methoxy groups -OCH3 is 1. The molecule has 0 aromatic heterocycles. The van der Waals surface area contributed by atoms with Crippen molar-refractivity contribution in [3.05, 3.63) is 62.7 Å². The number of aliphatic carboxylic acids is 1. The Morgan fingerprint density at radius 2 is 1.93 bits per heavy atom. The number of ether oxygens (including phenoxy) is 2. The predicted molar refractivity (Wildman–Crippen MR) is 106 cm³/mol. The van der Waals surface area contributed by atoms with Gasteiger partial charge in [-0.25, -0.2) is 4.79 Å². The minimum absolute atomic E-state index is 0.255. The Hall–Kier alpha value is -2.51. The molecular weight excluding hydrogens is 438 g/mol. The molecule has 0 radical (unpaired) electrons. The second-order valence-corrected chi connectivity index (χ2v) is 6.82. The molecule has 2 aromatic rings. The van der Waals surface area contributed by atoms with E-state index in [2.05, 4.69) is 21.2 Å². The monoisotopic (exact) mass is 453 g/mol. The van der Waals surface area contributed by atoms with E-state index in [0.717, 1.165) is 10.0 Å². The van der Waals surface area contributed by atoms with Crippen LogP contribution in [0.1, 0.15) is 18.1 Å². The fourth-order valence-corrected chi connectivity index (χ4v) is 2.74. The summed E-state index contributed by atoms with van der Waals surface area (Å²) in [5, 5.41) is 11.7. The van der Waals surface area contributed by atoms with Crippen molar-refractivity contribution < 1.29 is 24.2 Å². The number of halogens is 2. The van der Waals surface area contributed by atoms with Crippen molar-refractivity contribution in [3.63, 3.8) is 0 Å². The first-order chi connectivity index (χ1) is 12.8. The van der Waals surface area contributed by atoms with E-state index in [1.807, 2.05) is 24.3 Å². The third-order valence-electron chi connectivity index (χ3n) is 3.40. The Labute approximate surface area is 169 Å². The van der Waals surface area contributed by atoms with Gasteiger partial charge < -0.3 is 19.9 Å². The lowest BCUT2D eigenvalue weighted by atomic mass is 10.1. The second kappa shape index (κ2) is 9.43. The standard InChI is InChI=1S/C19H17BrClNO5/c1-11(23)22-16(19(24)25)8-13-7-15(21)18(17(9-13)26-2)27-10-12-3-5-14(20)6-4-12/h3-9H,10H2,1-2H3,(H,22,23)(H,24,25). The van der Waals surface area contributed by atoms with Gasteiger partial charge in [0.1, 0.15) is 12.3 Å². The molecule has 27 heavy (non-hydrogen) atoms. The van der Waals surface area contributed by atoms with Crippen LogP contribution in [-0.4, -0.2) is 24.1 Å². The molecule has 0 aliphatic rings. The summed E-state index contributed by atoms with van der Waals surface area (Å²) in [6.45, 7) is 1.51. The number of carbonyl (C=O) groups is 2. The highest BCUT2D eigenvalue weighted by atomic mass is 79.9. The van der Waals surface area contributed by atoms with Crippen LogP contribution in [0, 0.1) is 0 Å². The van der Waals surface area contributed by atoms with E-state index in [1.54, 1.807) is 6.07 Å². The second-order valence-electron chi connectivity index (χ2n) is 5.49. The van der Waals surface area contributed by atoms with Crippen molar-refractivity contribution in [2.24, 2.45) is 0 Å². The lowest BCUT2D eigenvalue weighted by Gasteiger charge is -2.14. The highest BCUT2D eigenvalue weighted by Crippen LogP contribution is 2.37. The van der Waals surface area contributed by atoms with Crippen LogP contribution in [-0.2, 0) is 16.2 Å². The quantitative estimate of drug-likeness (QED) is 0.611. The van der Waals surface area contributed by atoms with Crippen LogP contribution in [0.25, 0.3) is 6.08 Å². The van der Waals surface area contributed by atoms with Gasteiger partial charge >= 0.3 is 5.97 Å². The van der Waals surface area contributed by atoms with E-state index >= 15 is 0 Å². The van der Waals surface area contributed by atoms with Crippen LogP contribution in [0.3, 0.4) is 0 Å². The summed E-state index contributed by atoms with van der Waals surface area (Å²) in [4.78, 5) is 22.4. The van der Waals surface area contributed by atoms with Gasteiger partial charge in [-0.2, -0.15) is 0 Å². The van der Waals surface area contributed by atoms with Crippen molar-refractivity contribution in [2.45, 2.75) is 13.5 Å². The van der Waals surface area contributed by atoms with E-state index in [1.165, 1.54) is 26.2 Å². The molecule has 6 nitrogen and oxygen atoms in total. The molecule has 8 heteroatoms. The minimum atomic E-state index is -1.27. The summed E-state index contributed by atoms with van der Waals surface area (Å²) in [5.41, 5.74) is 1.11. The SMILES string of the molecule is COc1cc(C=C(NC(C)=O)C(=O)O)cc(Cl)c1OCc1ccc(Br)cc1. The number of nitrogens with one attached hydrogen (secondary N) is 1. The van der Waals surface area contributed by atoms with Gasteiger partial charge in [-0.05, 0) is 41.5 Å². The number of carboxylic acids is 1. The summed E-state index contributed by atoms with van der Waals surface area (Å²) in [6.07, 6.45) is 1.29. The van der Waals surface area contributed by atoms with Crippen molar-refractivity contribution in [3.8, 4) is 11.5 Å². The lowest BCUT2D eigenvalue weighted by Crippen LogP contribution is -2.24.